The summed E-state index contributed by atoms with van der Waals surface area (Å²) in [7, 11) is 1.86. The van der Waals surface area contributed by atoms with Crippen LogP contribution in [0, 0.1) is 0 Å². The van der Waals surface area contributed by atoms with Crippen molar-refractivity contribution in [1.82, 2.24) is 25.1 Å². The molecule has 0 saturated heterocycles. The molecule has 30 heavy (non-hydrogen) atoms. The number of amides is 1. The van der Waals surface area contributed by atoms with Crippen LogP contribution in [-0.2, 0) is 13.5 Å². The highest BCUT2D eigenvalue weighted by atomic mass is 16.1. The number of carbonyl (C=O) groups is 1. The Morgan fingerprint density at radius 3 is 2.77 bits per heavy atom. The van der Waals surface area contributed by atoms with E-state index in [0.29, 0.717) is 12.2 Å². The lowest BCUT2D eigenvalue weighted by Crippen LogP contribution is -2.26. The first kappa shape index (κ1) is 18.1. The molecule has 6 heteroatoms. The number of hydrogen-bond acceptors (Lipinski definition) is 3. The van der Waals surface area contributed by atoms with Crippen LogP contribution in [0.15, 0.2) is 73.1 Å². The maximum Gasteiger partial charge on any atom is 0.271 e. The molecular formula is C24H21N5O. The standard InChI is InChI=1S/C24H21N5O/c1-29-23(19-15-27-21-9-5-3-7-18(19)21)14-22(28-29)24(30)26-13-11-16-10-12-25-20-8-4-2-6-17(16)20/h2-10,12,14-15,27H,11,13H2,1H3,(H,26,30). The predicted octanol–water partition coefficient (Wildman–Crippen LogP) is 4.09. The third-order valence-electron chi connectivity index (χ3n) is 5.40. The van der Waals surface area contributed by atoms with Crippen LogP contribution in [-0.4, -0.2) is 32.2 Å². The van der Waals surface area contributed by atoms with E-state index >= 15 is 0 Å². The van der Waals surface area contributed by atoms with E-state index < -0.39 is 0 Å². The number of para-hydroxylation sites is 2. The molecule has 2 N–H and O–H groups in total. The van der Waals surface area contributed by atoms with Crippen LogP contribution < -0.4 is 5.32 Å². The summed E-state index contributed by atoms with van der Waals surface area (Å²) in [4.78, 5) is 20.4. The molecule has 5 rings (SSSR count). The Labute approximate surface area is 173 Å². The van der Waals surface area contributed by atoms with E-state index in [1.165, 1.54) is 5.56 Å². The monoisotopic (exact) mass is 395 g/mol. The van der Waals surface area contributed by atoms with Crippen LogP contribution in [0.2, 0.25) is 0 Å². The normalized spacial score (nSPS) is 11.2. The van der Waals surface area contributed by atoms with Gasteiger partial charge in [0.1, 0.15) is 0 Å². The predicted molar refractivity (Wildman–Crippen MR) is 118 cm³/mol. The summed E-state index contributed by atoms with van der Waals surface area (Å²) in [6, 6.07) is 20.0. The van der Waals surface area contributed by atoms with Crippen LogP contribution in [0.1, 0.15) is 16.1 Å². The van der Waals surface area contributed by atoms with Gasteiger partial charge in [0.2, 0.25) is 0 Å². The lowest BCUT2D eigenvalue weighted by Gasteiger charge is -2.06. The molecule has 0 fully saturated rings. The van der Waals surface area contributed by atoms with Crippen molar-refractivity contribution in [1.29, 1.82) is 0 Å². The van der Waals surface area contributed by atoms with Gasteiger partial charge in [0.25, 0.3) is 5.91 Å². The summed E-state index contributed by atoms with van der Waals surface area (Å²) in [5, 5.41) is 9.65. The van der Waals surface area contributed by atoms with Crippen molar-refractivity contribution < 1.29 is 4.79 Å². The Morgan fingerprint density at radius 1 is 1.07 bits per heavy atom. The topological polar surface area (TPSA) is 75.6 Å². The Bertz CT molecular complexity index is 1360. The highest BCUT2D eigenvalue weighted by Crippen LogP contribution is 2.28. The van der Waals surface area contributed by atoms with Crippen molar-refractivity contribution in [3.05, 3.63) is 84.3 Å². The van der Waals surface area contributed by atoms with E-state index in [9.17, 15) is 4.79 Å². The maximum atomic E-state index is 12.7. The fourth-order valence-corrected chi connectivity index (χ4v) is 3.89. The molecule has 0 saturated carbocycles. The fourth-order valence-electron chi connectivity index (χ4n) is 3.89. The zero-order valence-electron chi connectivity index (χ0n) is 16.6. The van der Waals surface area contributed by atoms with Gasteiger partial charge in [-0.15, -0.1) is 0 Å². The molecule has 0 radical (unpaired) electrons. The van der Waals surface area contributed by atoms with Gasteiger partial charge in [-0.1, -0.05) is 36.4 Å². The molecule has 148 valence electrons. The lowest BCUT2D eigenvalue weighted by molar-refractivity contribution is 0.0948. The molecule has 1 amide bonds. The van der Waals surface area contributed by atoms with Gasteiger partial charge < -0.3 is 10.3 Å². The Morgan fingerprint density at radius 2 is 1.87 bits per heavy atom. The van der Waals surface area contributed by atoms with E-state index in [0.717, 1.165) is 39.5 Å². The van der Waals surface area contributed by atoms with E-state index in [1.807, 2.05) is 68.0 Å². The van der Waals surface area contributed by atoms with Gasteiger partial charge in [-0.3, -0.25) is 14.5 Å². The van der Waals surface area contributed by atoms with Gasteiger partial charge in [0, 0.05) is 47.8 Å². The number of benzene rings is 2. The number of fused-ring (bicyclic) bond motifs is 2. The Balaban J connectivity index is 1.32. The van der Waals surface area contributed by atoms with E-state index in [4.69, 9.17) is 0 Å². The van der Waals surface area contributed by atoms with E-state index in [1.54, 1.807) is 4.68 Å². The minimum absolute atomic E-state index is 0.171. The van der Waals surface area contributed by atoms with Crippen LogP contribution in [0.3, 0.4) is 0 Å². The van der Waals surface area contributed by atoms with Crippen LogP contribution >= 0.6 is 0 Å². The molecule has 0 atom stereocenters. The summed E-state index contributed by atoms with van der Waals surface area (Å²) < 4.78 is 1.75. The van der Waals surface area contributed by atoms with Crippen LogP contribution in [0.25, 0.3) is 33.1 Å². The molecule has 0 aliphatic heterocycles. The number of H-pyrrole nitrogens is 1. The third-order valence-corrected chi connectivity index (χ3v) is 5.40. The number of rotatable bonds is 5. The summed E-state index contributed by atoms with van der Waals surface area (Å²) in [6.45, 7) is 0.534. The zero-order chi connectivity index (χ0) is 20.5. The molecule has 6 nitrogen and oxygen atoms in total. The smallest absolute Gasteiger partial charge is 0.271 e. The van der Waals surface area contributed by atoms with Crippen molar-refractivity contribution in [3.8, 4) is 11.3 Å². The molecule has 0 unspecified atom stereocenters. The van der Waals surface area contributed by atoms with Crippen molar-refractivity contribution in [2.24, 2.45) is 7.05 Å². The van der Waals surface area contributed by atoms with Gasteiger partial charge in [-0.25, -0.2) is 0 Å². The van der Waals surface area contributed by atoms with Gasteiger partial charge in [-0.05, 0) is 36.2 Å². The lowest BCUT2D eigenvalue weighted by atomic mass is 10.1. The Hall–Kier alpha value is -3.93. The number of nitrogens with zero attached hydrogens (tertiary/aromatic N) is 3. The van der Waals surface area contributed by atoms with E-state index in [2.05, 4.69) is 32.5 Å². The van der Waals surface area contributed by atoms with Gasteiger partial charge in [0.15, 0.2) is 5.69 Å². The minimum atomic E-state index is -0.171. The highest BCUT2D eigenvalue weighted by Gasteiger charge is 2.16. The highest BCUT2D eigenvalue weighted by molar-refractivity contribution is 5.97. The fraction of sp³-hybridized carbons (Fsp3) is 0.125. The first-order valence-electron chi connectivity index (χ1n) is 9.92. The number of nitrogens with one attached hydrogen (secondary N) is 2. The molecule has 3 aromatic heterocycles. The van der Waals surface area contributed by atoms with Crippen molar-refractivity contribution >= 4 is 27.7 Å². The molecule has 2 aromatic carbocycles. The number of aryl methyl sites for hydroxylation is 1. The summed E-state index contributed by atoms with van der Waals surface area (Å²) in [6.07, 6.45) is 4.50. The zero-order valence-corrected chi connectivity index (χ0v) is 16.6. The summed E-state index contributed by atoms with van der Waals surface area (Å²) in [5.74, 6) is -0.171. The van der Waals surface area contributed by atoms with Gasteiger partial charge >= 0.3 is 0 Å². The van der Waals surface area contributed by atoms with Gasteiger partial charge in [0.05, 0.1) is 11.2 Å². The summed E-state index contributed by atoms with van der Waals surface area (Å²) >= 11 is 0. The van der Waals surface area contributed by atoms with Crippen molar-refractivity contribution in [2.45, 2.75) is 6.42 Å². The van der Waals surface area contributed by atoms with Crippen molar-refractivity contribution in [3.63, 3.8) is 0 Å². The number of carbonyl (C=O) groups excluding carboxylic acids is 1. The second kappa shape index (κ2) is 7.48. The number of pyridine rings is 1. The summed E-state index contributed by atoms with van der Waals surface area (Å²) in [5.41, 5.74) is 5.54. The average molecular weight is 395 g/mol. The average Bonchev–Trinajstić information content (AvgIpc) is 3.37. The maximum absolute atomic E-state index is 12.7. The largest absolute Gasteiger partial charge is 0.360 e. The van der Waals surface area contributed by atoms with Gasteiger partial charge in [-0.2, -0.15) is 5.10 Å². The first-order valence-corrected chi connectivity index (χ1v) is 9.92. The number of hydrogen-bond donors (Lipinski definition) is 2. The molecule has 0 aliphatic carbocycles. The second-order valence-corrected chi connectivity index (χ2v) is 7.28. The number of aromatic nitrogens is 4. The van der Waals surface area contributed by atoms with Crippen molar-refractivity contribution in [2.75, 3.05) is 6.54 Å². The van der Waals surface area contributed by atoms with Crippen LogP contribution in [0.4, 0.5) is 0 Å². The molecule has 0 bridgehead atoms. The molecule has 0 aliphatic rings. The minimum Gasteiger partial charge on any atom is -0.360 e. The van der Waals surface area contributed by atoms with E-state index in [-0.39, 0.29) is 5.91 Å². The van der Waals surface area contributed by atoms with Crippen LogP contribution in [0.5, 0.6) is 0 Å². The quantitative estimate of drug-likeness (QED) is 0.471. The molecule has 5 aromatic rings. The number of aromatic amines is 1. The third kappa shape index (κ3) is 3.22. The molecule has 0 spiro atoms. The Kier molecular flexibility index (Phi) is 4.52. The second-order valence-electron chi connectivity index (χ2n) is 7.28. The molecule has 3 heterocycles. The SMILES string of the molecule is Cn1nc(C(=O)NCCc2ccnc3ccccc23)cc1-c1c[nH]c2ccccc12. The molecular weight excluding hydrogens is 374 g/mol. The first-order chi connectivity index (χ1) is 14.7.